The van der Waals surface area contributed by atoms with E-state index in [1.165, 1.54) is 4.31 Å². The number of benzene rings is 1. The first-order valence-electron chi connectivity index (χ1n) is 8.60. The van der Waals surface area contributed by atoms with Crippen molar-refractivity contribution in [3.8, 4) is 0 Å². The molecule has 0 unspecified atom stereocenters. The predicted octanol–water partition coefficient (Wildman–Crippen LogP) is 2.72. The van der Waals surface area contributed by atoms with E-state index in [9.17, 15) is 13.2 Å². The molecular formula is C17H25N3O3S2. The molecule has 0 atom stereocenters. The summed E-state index contributed by atoms with van der Waals surface area (Å²) in [6.45, 7) is 4.94. The van der Waals surface area contributed by atoms with Gasteiger partial charge in [0.25, 0.3) is 0 Å². The zero-order chi connectivity index (χ0) is 18.4. The number of amides is 1. The summed E-state index contributed by atoms with van der Waals surface area (Å²) in [6.07, 6.45) is 3.36. The molecule has 1 aromatic carbocycles. The third kappa shape index (κ3) is 5.49. The first kappa shape index (κ1) is 19.8. The summed E-state index contributed by atoms with van der Waals surface area (Å²) in [4.78, 5) is 11.9. The van der Waals surface area contributed by atoms with E-state index in [1.807, 2.05) is 13.8 Å². The van der Waals surface area contributed by atoms with E-state index in [2.05, 4.69) is 10.6 Å². The van der Waals surface area contributed by atoms with Gasteiger partial charge in [-0.2, -0.15) is 4.31 Å². The molecular weight excluding hydrogens is 358 g/mol. The molecule has 2 rings (SSSR count). The smallest absolute Gasteiger partial charge is 0.243 e. The molecule has 1 aliphatic carbocycles. The van der Waals surface area contributed by atoms with Crippen LogP contribution < -0.4 is 10.6 Å². The van der Waals surface area contributed by atoms with Gasteiger partial charge in [-0.3, -0.25) is 4.79 Å². The minimum Gasteiger partial charge on any atom is -0.332 e. The van der Waals surface area contributed by atoms with E-state index in [1.54, 1.807) is 24.3 Å². The van der Waals surface area contributed by atoms with Gasteiger partial charge in [0.15, 0.2) is 5.11 Å². The molecule has 0 aliphatic heterocycles. The Morgan fingerprint density at radius 3 is 2.20 bits per heavy atom. The summed E-state index contributed by atoms with van der Waals surface area (Å²) in [6, 6.07) is 6.42. The van der Waals surface area contributed by atoms with Crippen LogP contribution in [0, 0.1) is 5.92 Å². The van der Waals surface area contributed by atoms with E-state index in [0.717, 1.165) is 25.7 Å². The van der Waals surface area contributed by atoms with E-state index in [0.29, 0.717) is 18.8 Å². The molecule has 1 fully saturated rings. The molecule has 2 N–H and O–H groups in total. The second-order valence-electron chi connectivity index (χ2n) is 6.15. The molecule has 25 heavy (non-hydrogen) atoms. The SMILES string of the molecule is CCCN(CCC)S(=O)(=O)c1ccc(NC(=S)NC(=O)C2CC2)cc1. The Hall–Kier alpha value is -1.51. The van der Waals surface area contributed by atoms with Crippen LogP contribution in [0.2, 0.25) is 0 Å². The van der Waals surface area contributed by atoms with Crippen molar-refractivity contribution in [1.82, 2.24) is 9.62 Å². The second-order valence-corrected chi connectivity index (χ2v) is 8.49. The largest absolute Gasteiger partial charge is 0.332 e. The van der Waals surface area contributed by atoms with E-state index in [4.69, 9.17) is 12.2 Å². The van der Waals surface area contributed by atoms with Crippen molar-refractivity contribution in [3.63, 3.8) is 0 Å². The zero-order valence-electron chi connectivity index (χ0n) is 14.6. The normalized spacial score (nSPS) is 14.4. The standard InChI is InChI=1S/C17H25N3O3S2/c1-3-11-20(12-4-2)25(22,23)15-9-7-14(8-10-15)18-17(24)19-16(21)13-5-6-13/h7-10,13H,3-6,11-12H2,1-2H3,(H2,18,19,21,24). The van der Waals surface area contributed by atoms with Crippen LogP contribution in [0.1, 0.15) is 39.5 Å². The van der Waals surface area contributed by atoms with Crippen LogP contribution >= 0.6 is 12.2 Å². The number of thiocarbonyl (C=S) groups is 1. The maximum absolute atomic E-state index is 12.7. The third-order valence-corrected chi connectivity index (χ3v) is 6.00. The lowest BCUT2D eigenvalue weighted by Crippen LogP contribution is -2.35. The molecule has 138 valence electrons. The highest BCUT2D eigenvalue weighted by atomic mass is 32.2. The maximum Gasteiger partial charge on any atom is 0.243 e. The average Bonchev–Trinajstić information content (AvgIpc) is 3.40. The molecule has 6 nitrogen and oxygen atoms in total. The number of nitrogens with zero attached hydrogens (tertiary/aromatic N) is 1. The fraction of sp³-hybridized carbons (Fsp3) is 0.529. The van der Waals surface area contributed by atoms with Gasteiger partial charge in [-0.15, -0.1) is 0 Å². The Morgan fingerprint density at radius 1 is 1.16 bits per heavy atom. The van der Waals surface area contributed by atoms with Gasteiger partial charge in [0.1, 0.15) is 0 Å². The number of rotatable bonds is 8. The first-order valence-corrected chi connectivity index (χ1v) is 10.4. The molecule has 0 aromatic heterocycles. The Balaban J connectivity index is 2.02. The Bertz CT molecular complexity index is 707. The average molecular weight is 384 g/mol. The number of nitrogens with one attached hydrogen (secondary N) is 2. The van der Waals surface area contributed by atoms with E-state index >= 15 is 0 Å². The summed E-state index contributed by atoms with van der Waals surface area (Å²) in [5, 5.41) is 5.77. The topological polar surface area (TPSA) is 78.5 Å². The predicted molar refractivity (Wildman–Crippen MR) is 103 cm³/mol. The summed E-state index contributed by atoms with van der Waals surface area (Å²) < 4.78 is 26.9. The number of hydrogen-bond acceptors (Lipinski definition) is 4. The van der Waals surface area contributed by atoms with Gasteiger partial charge in [-0.1, -0.05) is 13.8 Å². The van der Waals surface area contributed by atoms with Crippen molar-refractivity contribution in [1.29, 1.82) is 0 Å². The number of sulfonamides is 1. The monoisotopic (exact) mass is 383 g/mol. The van der Waals surface area contributed by atoms with Gasteiger partial charge in [0.2, 0.25) is 15.9 Å². The number of anilines is 1. The minimum absolute atomic E-state index is 0.0635. The molecule has 1 aliphatic rings. The van der Waals surface area contributed by atoms with Crippen LogP contribution in [0.4, 0.5) is 5.69 Å². The van der Waals surface area contributed by atoms with Crippen molar-refractivity contribution in [3.05, 3.63) is 24.3 Å². The van der Waals surface area contributed by atoms with Crippen LogP contribution in [0.15, 0.2) is 29.2 Å². The quantitative estimate of drug-likeness (QED) is 0.675. The van der Waals surface area contributed by atoms with Crippen LogP contribution in [-0.2, 0) is 14.8 Å². The highest BCUT2D eigenvalue weighted by molar-refractivity contribution is 7.89. The summed E-state index contributed by atoms with van der Waals surface area (Å²) in [5.41, 5.74) is 0.637. The summed E-state index contributed by atoms with van der Waals surface area (Å²) in [5.74, 6) is 0.0156. The molecule has 0 radical (unpaired) electrons. The highest BCUT2D eigenvalue weighted by Crippen LogP contribution is 2.28. The maximum atomic E-state index is 12.7. The van der Waals surface area contributed by atoms with E-state index < -0.39 is 10.0 Å². The van der Waals surface area contributed by atoms with Crippen molar-refractivity contribution in [2.24, 2.45) is 5.92 Å². The number of carbonyl (C=O) groups excluding carboxylic acids is 1. The van der Waals surface area contributed by atoms with Crippen LogP contribution in [0.25, 0.3) is 0 Å². The minimum atomic E-state index is -3.49. The molecule has 0 bridgehead atoms. The van der Waals surface area contributed by atoms with Gasteiger partial charge < -0.3 is 10.6 Å². The van der Waals surface area contributed by atoms with Crippen LogP contribution in [0.3, 0.4) is 0 Å². The van der Waals surface area contributed by atoms with Gasteiger partial charge in [-0.25, -0.2) is 8.42 Å². The lowest BCUT2D eigenvalue weighted by Gasteiger charge is -2.21. The second kappa shape index (κ2) is 8.73. The first-order chi connectivity index (χ1) is 11.9. The van der Waals surface area contributed by atoms with E-state index in [-0.39, 0.29) is 21.8 Å². The Labute approximate surface area is 155 Å². The van der Waals surface area contributed by atoms with Crippen molar-refractivity contribution in [2.75, 3.05) is 18.4 Å². The molecule has 0 spiro atoms. The third-order valence-electron chi connectivity index (χ3n) is 3.88. The van der Waals surface area contributed by atoms with Gasteiger partial charge >= 0.3 is 0 Å². The molecule has 0 heterocycles. The van der Waals surface area contributed by atoms with Gasteiger partial charge in [-0.05, 0) is 62.2 Å². The lowest BCUT2D eigenvalue weighted by atomic mass is 10.3. The molecule has 8 heteroatoms. The lowest BCUT2D eigenvalue weighted by molar-refractivity contribution is -0.120. The molecule has 1 saturated carbocycles. The molecule has 1 aromatic rings. The van der Waals surface area contributed by atoms with Crippen molar-refractivity contribution in [2.45, 2.75) is 44.4 Å². The van der Waals surface area contributed by atoms with Gasteiger partial charge in [0, 0.05) is 24.7 Å². The number of hydrogen-bond donors (Lipinski definition) is 2. The Morgan fingerprint density at radius 2 is 1.72 bits per heavy atom. The molecule has 0 saturated heterocycles. The summed E-state index contributed by atoms with van der Waals surface area (Å²) >= 11 is 5.11. The fourth-order valence-corrected chi connectivity index (χ4v) is 4.27. The zero-order valence-corrected chi connectivity index (χ0v) is 16.3. The van der Waals surface area contributed by atoms with Crippen molar-refractivity contribution < 1.29 is 13.2 Å². The fourth-order valence-electron chi connectivity index (χ4n) is 2.43. The summed E-state index contributed by atoms with van der Waals surface area (Å²) in [7, 11) is -3.49. The Kier molecular flexibility index (Phi) is 6.92. The highest BCUT2D eigenvalue weighted by Gasteiger charge is 2.30. The van der Waals surface area contributed by atoms with Crippen molar-refractivity contribution >= 4 is 38.9 Å². The van der Waals surface area contributed by atoms with Gasteiger partial charge in [0.05, 0.1) is 4.90 Å². The van der Waals surface area contributed by atoms with Crippen LogP contribution in [0.5, 0.6) is 0 Å². The van der Waals surface area contributed by atoms with Crippen LogP contribution in [-0.4, -0.2) is 36.8 Å². The molecule has 1 amide bonds. The number of carbonyl (C=O) groups is 1.